The first-order valence-corrected chi connectivity index (χ1v) is 6.10. The second kappa shape index (κ2) is 3.93. The Morgan fingerprint density at radius 1 is 1.33 bits per heavy atom. The normalized spacial score (nSPS) is 11.6. The van der Waals surface area contributed by atoms with E-state index in [0.717, 1.165) is 12.1 Å². The second-order valence-electron chi connectivity index (χ2n) is 3.53. The van der Waals surface area contributed by atoms with E-state index in [4.69, 9.17) is 10.3 Å². The lowest BCUT2D eigenvalue weighted by Crippen LogP contribution is -2.01. The predicted molar refractivity (Wildman–Crippen MR) is 63.7 cm³/mol. The third kappa shape index (κ3) is 1.98. The number of anilines is 1. The fraction of sp³-hybridized carbons (Fsp3) is 0. The number of nitro groups is 1. The summed E-state index contributed by atoms with van der Waals surface area (Å²) >= 11 is 0. The van der Waals surface area contributed by atoms with Gasteiger partial charge in [-0.1, -0.05) is 0 Å². The molecule has 7 nitrogen and oxygen atoms in total. The van der Waals surface area contributed by atoms with Crippen molar-refractivity contribution in [1.82, 2.24) is 0 Å². The first-order chi connectivity index (χ1) is 8.30. The van der Waals surface area contributed by atoms with Gasteiger partial charge >= 0.3 is 0 Å². The summed E-state index contributed by atoms with van der Waals surface area (Å²) in [7, 11) is -4.50. The van der Waals surface area contributed by atoms with E-state index >= 15 is 0 Å². The topological polar surface area (TPSA) is 124 Å². The van der Waals surface area contributed by atoms with Crippen LogP contribution < -0.4 is 5.73 Å². The molecular weight excluding hydrogens is 260 g/mol. The van der Waals surface area contributed by atoms with E-state index in [9.17, 15) is 18.5 Å². The molecule has 0 heterocycles. The quantitative estimate of drug-likeness (QED) is 0.366. The van der Waals surface area contributed by atoms with Crippen LogP contribution in [0.25, 0.3) is 10.8 Å². The SMILES string of the molecule is Nc1[c]cc(S(=O)(=O)O)c2cc([N+](=O)[O-])ccc12. The van der Waals surface area contributed by atoms with Gasteiger partial charge in [-0.2, -0.15) is 8.42 Å². The van der Waals surface area contributed by atoms with Crippen LogP contribution in [0.4, 0.5) is 11.4 Å². The second-order valence-corrected chi connectivity index (χ2v) is 4.92. The van der Waals surface area contributed by atoms with Gasteiger partial charge in [0.1, 0.15) is 4.90 Å². The van der Waals surface area contributed by atoms with Crippen LogP contribution in [-0.2, 0) is 10.1 Å². The molecule has 18 heavy (non-hydrogen) atoms. The highest BCUT2D eigenvalue weighted by Gasteiger charge is 2.18. The largest absolute Gasteiger partial charge is 0.398 e. The van der Waals surface area contributed by atoms with E-state index in [-0.39, 0.29) is 22.1 Å². The van der Waals surface area contributed by atoms with Crippen molar-refractivity contribution in [3.05, 3.63) is 40.4 Å². The maximum atomic E-state index is 11.2. The Morgan fingerprint density at radius 2 is 2.00 bits per heavy atom. The molecule has 1 radical (unpaired) electrons. The van der Waals surface area contributed by atoms with E-state index in [1.807, 2.05) is 0 Å². The molecular formula is C10H7N2O5S. The summed E-state index contributed by atoms with van der Waals surface area (Å²) < 4.78 is 31.4. The van der Waals surface area contributed by atoms with Crippen LogP contribution in [0, 0.1) is 16.2 Å². The number of fused-ring (bicyclic) bond motifs is 1. The number of nitrogens with two attached hydrogens (primary N) is 1. The van der Waals surface area contributed by atoms with Crippen LogP contribution in [-0.4, -0.2) is 17.9 Å². The zero-order chi connectivity index (χ0) is 13.5. The minimum Gasteiger partial charge on any atom is -0.398 e. The highest BCUT2D eigenvalue weighted by molar-refractivity contribution is 7.86. The average Bonchev–Trinajstić information content (AvgIpc) is 2.27. The Bertz CT molecular complexity index is 754. The highest BCUT2D eigenvalue weighted by Crippen LogP contribution is 2.30. The van der Waals surface area contributed by atoms with Crippen molar-refractivity contribution in [3.8, 4) is 0 Å². The first-order valence-electron chi connectivity index (χ1n) is 4.66. The van der Waals surface area contributed by atoms with Gasteiger partial charge in [-0.15, -0.1) is 0 Å². The van der Waals surface area contributed by atoms with Crippen LogP contribution in [0.3, 0.4) is 0 Å². The molecule has 0 fully saturated rings. The Balaban J connectivity index is 2.93. The molecule has 0 aliphatic heterocycles. The van der Waals surface area contributed by atoms with Gasteiger partial charge in [0.25, 0.3) is 15.8 Å². The standard InChI is InChI=1S/C10H7N2O5S/c11-9-3-4-10(18(15,16)17)8-5-6(12(13)14)1-2-7(8)9/h1-2,4-5H,11H2,(H,15,16,17). The smallest absolute Gasteiger partial charge is 0.295 e. The van der Waals surface area contributed by atoms with E-state index < -0.39 is 19.9 Å². The number of hydrogen-bond acceptors (Lipinski definition) is 5. The summed E-state index contributed by atoms with van der Waals surface area (Å²) in [4.78, 5) is 9.52. The number of benzene rings is 2. The predicted octanol–water partition coefficient (Wildman–Crippen LogP) is 1.38. The van der Waals surface area contributed by atoms with Crippen LogP contribution in [0.1, 0.15) is 0 Å². The van der Waals surface area contributed by atoms with Crippen molar-refractivity contribution in [2.45, 2.75) is 4.90 Å². The molecule has 0 unspecified atom stereocenters. The van der Waals surface area contributed by atoms with E-state index in [0.29, 0.717) is 0 Å². The van der Waals surface area contributed by atoms with Gasteiger partial charge in [0.15, 0.2) is 0 Å². The molecule has 0 aliphatic rings. The van der Waals surface area contributed by atoms with Gasteiger partial charge in [-0.25, -0.2) is 0 Å². The number of nitrogen functional groups attached to an aromatic ring is 1. The maximum absolute atomic E-state index is 11.2. The molecule has 3 N–H and O–H groups in total. The molecule has 0 aromatic heterocycles. The summed E-state index contributed by atoms with van der Waals surface area (Å²) in [5.74, 6) is 0. The minimum atomic E-state index is -4.50. The molecule has 0 saturated carbocycles. The number of non-ortho nitro benzene ring substituents is 1. The molecule has 93 valence electrons. The Kier molecular flexibility index (Phi) is 2.68. The zero-order valence-corrected chi connectivity index (χ0v) is 9.64. The molecule has 0 amide bonds. The van der Waals surface area contributed by atoms with Crippen molar-refractivity contribution in [2.75, 3.05) is 5.73 Å². The van der Waals surface area contributed by atoms with E-state index in [2.05, 4.69) is 6.07 Å². The van der Waals surface area contributed by atoms with Gasteiger partial charge in [0.2, 0.25) is 0 Å². The highest BCUT2D eigenvalue weighted by atomic mass is 32.2. The van der Waals surface area contributed by atoms with Crippen molar-refractivity contribution in [3.63, 3.8) is 0 Å². The molecule has 2 aromatic carbocycles. The summed E-state index contributed by atoms with van der Waals surface area (Å²) in [6, 6.07) is 7.00. The monoisotopic (exact) mass is 267 g/mol. The number of nitro benzene ring substituents is 1. The van der Waals surface area contributed by atoms with Crippen molar-refractivity contribution < 1.29 is 17.9 Å². The molecule has 2 aromatic rings. The fourth-order valence-corrected chi connectivity index (χ4v) is 2.25. The van der Waals surface area contributed by atoms with E-state index in [1.165, 1.54) is 12.1 Å². The molecule has 0 atom stereocenters. The molecule has 0 aliphatic carbocycles. The Hall–Kier alpha value is -2.19. The lowest BCUT2D eigenvalue weighted by Gasteiger charge is -2.05. The van der Waals surface area contributed by atoms with Gasteiger partial charge in [0, 0.05) is 34.7 Å². The van der Waals surface area contributed by atoms with Crippen LogP contribution in [0.5, 0.6) is 0 Å². The van der Waals surface area contributed by atoms with Crippen molar-refractivity contribution in [2.24, 2.45) is 0 Å². The van der Waals surface area contributed by atoms with Gasteiger partial charge in [-0.3, -0.25) is 14.7 Å². The maximum Gasteiger partial charge on any atom is 0.295 e. The zero-order valence-electron chi connectivity index (χ0n) is 8.82. The Morgan fingerprint density at radius 3 is 2.56 bits per heavy atom. The van der Waals surface area contributed by atoms with E-state index in [1.54, 1.807) is 0 Å². The lowest BCUT2D eigenvalue weighted by molar-refractivity contribution is -0.384. The molecule has 0 spiro atoms. The fourth-order valence-electron chi connectivity index (χ4n) is 1.60. The van der Waals surface area contributed by atoms with Gasteiger partial charge in [-0.05, 0) is 12.1 Å². The summed E-state index contributed by atoms with van der Waals surface area (Å²) in [5, 5.41) is 10.9. The number of nitrogens with zero attached hydrogens (tertiary/aromatic N) is 1. The van der Waals surface area contributed by atoms with Gasteiger partial charge in [0.05, 0.1) is 4.92 Å². The summed E-state index contributed by atoms with van der Waals surface area (Å²) in [5.41, 5.74) is 5.44. The Labute approximate surface area is 102 Å². The lowest BCUT2D eigenvalue weighted by atomic mass is 10.1. The molecule has 0 bridgehead atoms. The third-order valence-corrected chi connectivity index (χ3v) is 3.30. The number of rotatable bonds is 2. The van der Waals surface area contributed by atoms with Crippen LogP contribution in [0.15, 0.2) is 29.2 Å². The minimum absolute atomic E-state index is 0.0112. The van der Waals surface area contributed by atoms with Gasteiger partial charge < -0.3 is 5.73 Å². The summed E-state index contributed by atoms with van der Waals surface area (Å²) in [6.45, 7) is 0. The van der Waals surface area contributed by atoms with Crippen LogP contribution >= 0.6 is 0 Å². The molecule has 8 heteroatoms. The number of hydrogen-bond donors (Lipinski definition) is 2. The molecule has 0 saturated heterocycles. The third-order valence-electron chi connectivity index (χ3n) is 2.41. The van der Waals surface area contributed by atoms with Crippen molar-refractivity contribution >= 4 is 32.3 Å². The average molecular weight is 267 g/mol. The molecule has 2 rings (SSSR count). The van der Waals surface area contributed by atoms with Crippen LogP contribution in [0.2, 0.25) is 0 Å². The van der Waals surface area contributed by atoms with Crippen molar-refractivity contribution in [1.29, 1.82) is 0 Å². The summed E-state index contributed by atoms with van der Waals surface area (Å²) in [6.07, 6.45) is 0. The first kappa shape index (κ1) is 12.3.